The Hall–Kier alpha value is -1.73. The molecule has 0 bridgehead atoms. The van der Waals surface area contributed by atoms with E-state index in [1.54, 1.807) is 13.0 Å². The maximum atomic E-state index is 13.8. The number of hydrogen-bond acceptors (Lipinski definition) is 5. The Morgan fingerprint density at radius 1 is 1.50 bits per heavy atom. The van der Waals surface area contributed by atoms with Gasteiger partial charge in [-0.1, -0.05) is 0 Å². The van der Waals surface area contributed by atoms with Gasteiger partial charge in [0.15, 0.2) is 0 Å². The largest absolute Gasteiger partial charge is 0.462 e. The molecule has 0 saturated heterocycles. The highest BCUT2D eigenvalue weighted by atomic mass is 79.9. The zero-order valence-corrected chi connectivity index (χ0v) is 14.8. The number of carbonyl (C=O) groups excluding carboxylic acids is 1. The Labute approximate surface area is 147 Å². The summed E-state index contributed by atoms with van der Waals surface area (Å²) in [5.74, 6) is -0.894. The monoisotopic (exact) mass is 396 g/mol. The van der Waals surface area contributed by atoms with Gasteiger partial charge in [0.25, 0.3) is 0 Å². The van der Waals surface area contributed by atoms with E-state index >= 15 is 0 Å². The average Bonchev–Trinajstić information content (AvgIpc) is 2.94. The van der Waals surface area contributed by atoms with Gasteiger partial charge in [-0.25, -0.2) is 9.18 Å². The van der Waals surface area contributed by atoms with Crippen LogP contribution in [0.1, 0.15) is 36.5 Å². The fraction of sp³-hybridized carbons (Fsp3) is 0.412. The summed E-state index contributed by atoms with van der Waals surface area (Å²) in [6.45, 7) is 1.99. The number of nitrogens with zero attached hydrogens (tertiary/aromatic N) is 1. The third-order valence-corrected chi connectivity index (χ3v) is 4.77. The van der Waals surface area contributed by atoms with Crippen molar-refractivity contribution in [1.82, 2.24) is 4.98 Å². The lowest BCUT2D eigenvalue weighted by molar-refractivity contribution is 0.0527. The van der Waals surface area contributed by atoms with Gasteiger partial charge in [-0.2, -0.15) is 0 Å². The molecule has 1 aromatic heterocycles. The number of esters is 1. The van der Waals surface area contributed by atoms with E-state index in [1.807, 2.05) is 0 Å². The average molecular weight is 397 g/mol. The molecule has 1 aliphatic carbocycles. The number of fused-ring (bicyclic) bond motifs is 1. The lowest BCUT2D eigenvalue weighted by atomic mass is 10.1. The van der Waals surface area contributed by atoms with Gasteiger partial charge in [0.1, 0.15) is 11.4 Å². The van der Waals surface area contributed by atoms with Gasteiger partial charge in [-0.05, 0) is 48.2 Å². The molecule has 1 aromatic carbocycles. The SMILES string of the molecule is CCOC(=O)c1cnc2cc(F)c(Br)cc2c1N[C@@H]1CC[C@H](O)C1. The maximum Gasteiger partial charge on any atom is 0.341 e. The Kier molecular flexibility index (Phi) is 5.01. The third-order valence-electron chi connectivity index (χ3n) is 4.16. The van der Waals surface area contributed by atoms with Crippen molar-refractivity contribution in [3.8, 4) is 0 Å². The van der Waals surface area contributed by atoms with Crippen molar-refractivity contribution < 1.29 is 19.0 Å². The van der Waals surface area contributed by atoms with Crippen molar-refractivity contribution in [3.05, 3.63) is 34.2 Å². The zero-order valence-electron chi connectivity index (χ0n) is 13.2. The van der Waals surface area contributed by atoms with Crippen LogP contribution in [0.15, 0.2) is 22.8 Å². The minimum absolute atomic E-state index is 0.0441. The van der Waals surface area contributed by atoms with Gasteiger partial charge < -0.3 is 15.2 Å². The molecular weight excluding hydrogens is 379 g/mol. The molecule has 2 atom stereocenters. The van der Waals surface area contributed by atoms with Crippen LogP contribution in [-0.4, -0.2) is 34.8 Å². The number of anilines is 1. The second kappa shape index (κ2) is 7.03. The highest BCUT2D eigenvalue weighted by Crippen LogP contribution is 2.33. The first-order valence-corrected chi connectivity index (χ1v) is 8.68. The van der Waals surface area contributed by atoms with Crippen molar-refractivity contribution in [2.45, 2.75) is 38.3 Å². The number of hydrogen-bond donors (Lipinski definition) is 2. The summed E-state index contributed by atoms with van der Waals surface area (Å²) < 4.78 is 19.2. The van der Waals surface area contributed by atoms with Crippen LogP contribution in [0.3, 0.4) is 0 Å². The molecule has 2 N–H and O–H groups in total. The van der Waals surface area contributed by atoms with E-state index in [9.17, 15) is 14.3 Å². The smallest absolute Gasteiger partial charge is 0.341 e. The van der Waals surface area contributed by atoms with Gasteiger partial charge >= 0.3 is 5.97 Å². The normalized spacial score (nSPS) is 20.3. The molecule has 1 saturated carbocycles. The molecule has 0 unspecified atom stereocenters. The summed E-state index contributed by atoms with van der Waals surface area (Å²) in [5, 5.41) is 13.7. The number of benzene rings is 1. The molecule has 2 aromatic rings. The highest BCUT2D eigenvalue weighted by Gasteiger charge is 2.26. The highest BCUT2D eigenvalue weighted by molar-refractivity contribution is 9.10. The fourth-order valence-electron chi connectivity index (χ4n) is 3.00. The van der Waals surface area contributed by atoms with Crippen molar-refractivity contribution >= 4 is 38.5 Å². The number of carbonyl (C=O) groups is 1. The molecule has 1 aliphatic rings. The summed E-state index contributed by atoms with van der Waals surface area (Å²) in [4.78, 5) is 16.4. The predicted octanol–water partition coefficient (Wildman–Crippen LogP) is 3.64. The first kappa shape index (κ1) is 17.1. The van der Waals surface area contributed by atoms with E-state index in [4.69, 9.17) is 4.74 Å². The summed E-state index contributed by atoms with van der Waals surface area (Å²) in [5.41, 5.74) is 1.33. The lowest BCUT2D eigenvalue weighted by Gasteiger charge is -2.19. The Morgan fingerprint density at radius 2 is 2.29 bits per heavy atom. The van der Waals surface area contributed by atoms with Crippen LogP contribution in [0.5, 0.6) is 0 Å². The summed E-state index contributed by atoms with van der Waals surface area (Å²) >= 11 is 3.18. The first-order chi connectivity index (χ1) is 11.5. The summed E-state index contributed by atoms with van der Waals surface area (Å²) in [6, 6.07) is 2.97. The lowest BCUT2D eigenvalue weighted by Crippen LogP contribution is -2.20. The number of aliphatic hydroxyl groups is 1. The van der Waals surface area contributed by atoms with Crippen LogP contribution in [0.4, 0.5) is 10.1 Å². The predicted molar refractivity (Wildman–Crippen MR) is 92.6 cm³/mol. The van der Waals surface area contributed by atoms with Gasteiger partial charge in [-0.15, -0.1) is 0 Å². The van der Waals surface area contributed by atoms with Crippen LogP contribution in [-0.2, 0) is 4.74 Å². The minimum Gasteiger partial charge on any atom is -0.462 e. The van der Waals surface area contributed by atoms with Gasteiger partial charge in [-0.3, -0.25) is 4.98 Å². The molecular formula is C17H18BrFN2O3. The van der Waals surface area contributed by atoms with Gasteiger partial charge in [0.05, 0.1) is 28.4 Å². The van der Waals surface area contributed by atoms with Crippen molar-refractivity contribution in [2.75, 3.05) is 11.9 Å². The van der Waals surface area contributed by atoms with Gasteiger partial charge in [0.2, 0.25) is 0 Å². The molecule has 128 valence electrons. The molecule has 1 fully saturated rings. The number of nitrogens with one attached hydrogen (secondary N) is 1. The van der Waals surface area contributed by atoms with Crippen LogP contribution in [0, 0.1) is 5.82 Å². The Morgan fingerprint density at radius 3 is 2.96 bits per heavy atom. The number of pyridine rings is 1. The molecule has 0 amide bonds. The molecule has 7 heteroatoms. The molecule has 0 aliphatic heterocycles. The van der Waals surface area contributed by atoms with E-state index in [0.29, 0.717) is 39.5 Å². The number of aliphatic hydroxyl groups excluding tert-OH is 1. The Bertz CT molecular complexity index is 784. The number of halogens is 2. The van der Waals surface area contributed by atoms with E-state index in [2.05, 4.69) is 26.2 Å². The maximum absolute atomic E-state index is 13.8. The molecule has 3 rings (SSSR count). The Balaban J connectivity index is 2.10. The van der Waals surface area contributed by atoms with E-state index in [0.717, 1.165) is 6.42 Å². The topological polar surface area (TPSA) is 71.5 Å². The van der Waals surface area contributed by atoms with E-state index < -0.39 is 11.8 Å². The fourth-order valence-corrected chi connectivity index (χ4v) is 3.34. The zero-order chi connectivity index (χ0) is 17.3. The summed E-state index contributed by atoms with van der Waals surface area (Å²) in [7, 11) is 0. The molecule has 0 radical (unpaired) electrons. The van der Waals surface area contributed by atoms with Crippen LogP contribution in [0.25, 0.3) is 10.9 Å². The quantitative estimate of drug-likeness (QED) is 0.771. The molecule has 0 spiro atoms. The van der Waals surface area contributed by atoms with E-state index in [-0.39, 0.29) is 18.8 Å². The second-order valence-corrected chi connectivity index (χ2v) is 6.71. The number of rotatable bonds is 4. The van der Waals surface area contributed by atoms with Crippen LogP contribution < -0.4 is 5.32 Å². The number of ether oxygens (including phenoxy) is 1. The van der Waals surface area contributed by atoms with Gasteiger partial charge in [0, 0.05) is 23.7 Å². The summed E-state index contributed by atoms with van der Waals surface area (Å²) in [6.07, 6.45) is 3.19. The van der Waals surface area contributed by atoms with Crippen molar-refractivity contribution in [2.24, 2.45) is 0 Å². The first-order valence-electron chi connectivity index (χ1n) is 7.89. The standard InChI is InChI=1S/C17H18BrFN2O3/c1-2-24-17(23)12-8-20-15-7-14(19)13(18)6-11(15)16(12)21-9-3-4-10(22)5-9/h6-10,22H,2-5H2,1H3,(H,20,21)/t9-,10+/m1/s1. The molecule has 5 nitrogen and oxygen atoms in total. The van der Waals surface area contributed by atoms with Crippen molar-refractivity contribution in [1.29, 1.82) is 0 Å². The van der Waals surface area contributed by atoms with Crippen LogP contribution in [0.2, 0.25) is 0 Å². The molecule has 24 heavy (non-hydrogen) atoms. The minimum atomic E-state index is -0.478. The number of aromatic nitrogens is 1. The second-order valence-electron chi connectivity index (χ2n) is 5.86. The van der Waals surface area contributed by atoms with E-state index in [1.165, 1.54) is 12.3 Å². The molecule has 1 heterocycles. The van der Waals surface area contributed by atoms with Crippen LogP contribution >= 0.6 is 15.9 Å². The van der Waals surface area contributed by atoms with Crippen molar-refractivity contribution in [3.63, 3.8) is 0 Å². The third kappa shape index (κ3) is 3.37.